The number of nitrogens with one attached hydrogen (secondary N) is 1. The minimum absolute atomic E-state index is 0.000679. The molecule has 0 bridgehead atoms. The average Bonchev–Trinajstić information content (AvgIpc) is 2.56. The van der Waals surface area contributed by atoms with Crippen LogP contribution in [-0.4, -0.2) is 52.1 Å². The van der Waals surface area contributed by atoms with Gasteiger partial charge in [-0.2, -0.15) is 9.57 Å². The van der Waals surface area contributed by atoms with E-state index in [0.29, 0.717) is 30.3 Å². The molecule has 0 unspecified atom stereocenters. The van der Waals surface area contributed by atoms with E-state index in [9.17, 15) is 8.42 Å². The van der Waals surface area contributed by atoms with Crippen molar-refractivity contribution in [2.45, 2.75) is 18.7 Å². The summed E-state index contributed by atoms with van der Waals surface area (Å²) >= 11 is 0. The summed E-state index contributed by atoms with van der Waals surface area (Å²) < 4.78 is 32.2. The quantitative estimate of drug-likeness (QED) is 0.800. The molecule has 23 heavy (non-hydrogen) atoms. The summed E-state index contributed by atoms with van der Waals surface area (Å²) in [5.74, 6) is 0.672. The molecule has 0 aromatic heterocycles. The van der Waals surface area contributed by atoms with Crippen LogP contribution in [0.3, 0.4) is 0 Å². The number of piperazine rings is 1. The Balaban J connectivity index is 2.00. The topological polar surface area (TPSA) is 74.8 Å². The Hall–Kier alpha value is -1.62. The van der Waals surface area contributed by atoms with Crippen LogP contribution in [0.4, 0.5) is 0 Å². The highest BCUT2D eigenvalue weighted by Gasteiger charge is 2.30. The molecule has 1 atom stereocenters. The minimum atomic E-state index is -3.45. The summed E-state index contributed by atoms with van der Waals surface area (Å²) in [6.07, 6.45) is 0. The zero-order valence-corrected chi connectivity index (χ0v) is 14.5. The predicted octanol–water partition coefficient (Wildman–Crippen LogP) is 0.134. The molecule has 0 radical (unpaired) electrons. The summed E-state index contributed by atoms with van der Waals surface area (Å²) in [4.78, 5) is 1.59. The zero-order valence-electron chi connectivity index (χ0n) is 13.7. The molecule has 0 spiro atoms. The first-order chi connectivity index (χ1) is 11.0. The molecule has 1 heterocycles. The van der Waals surface area contributed by atoms with E-state index in [4.69, 9.17) is 10.00 Å². The molecule has 126 valence electrons. The van der Waals surface area contributed by atoms with Gasteiger partial charge < -0.3 is 9.64 Å². The highest BCUT2D eigenvalue weighted by Crippen LogP contribution is 2.19. The highest BCUT2D eigenvalue weighted by atomic mass is 32.2. The van der Waals surface area contributed by atoms with Gasteiger partial charge in [-0.05, 0) is 38.1 Å². The van der Waals surface area contributed by atoms with E-state index < -0.39 is 10.0 Å². The number of nitrogens with zero attached hydrogens (tertiary/aromatic N) is 2. The van der Waals surface area contributed by atoms with Crippen molar-refractivity contribution in [3.05, 3.63) is 24.3 Å². The maximum Gasteiger partial charge on any atom is 0.243 e. The van der Waals surface area contributed by atoms with Crippen LogP contribution in [0.25, 0.3) is 0 Å². The molecule has 0 amide bonds. The number of rotatable bonds is 6. The van der Waals surface area contributed by atoms with Gasteiger partial charge in [0.2, 0.25) is 10.0 Å². The fourth-order valence-corrected chi connectivity index (χ4v) is 4.19. The zero-order chi connectivity index (χ0) is 16.9. The van der Waals surface area contributed by atoms with Crippen molar-refractivity contribution < 1.29 is 18.1 Å². The van der Waals surface area contributed by atoms with Crippen molar-refractivity contribution >= 4 is 10.0 Å². The van der Waals surface area contributed by atoms with E-state index in [-0.39, 0.29) is 5.92 Å². The maximum atomic E-state index is 12.7. The third-order valence-electron chi connectivity index (χ3n) is 4.02. The van der Waals surface area contributed by atoms with Crippen LogP contribution >= 0.6 is 0 Å². The van der Waals surface area contributed by atoms with Crippen molar-refractivity contribution in [2.75, 3.05) is 39.3 Å². The normalized spacial score (nSPS) is 18.3. The monoisotopic (exact) mass is 338 g/mol. The van der Waals surface area contributed by atoms with Crippen LogP contribution in [0, 0.1) is 17.2 Å². The van der Waals surface area contributed by atoms with Crippen molar-refractivity contribution in [1.82, 2.24) is 4.31 Å². The molecule has 1 aromatic carbocycles. The lowest BCUT2D eigenvalue weighted by Gasteiger charge is -2.31. The van der Waals surface area contributed by atoms with Crippen LogP contribution in [0.1, 0.15) is 13.8 Å². The lowest BCUT2D eigenvalue weighted by Crippen LogP contribution is -3.15. The fourth-order valence-electron chi connectivity index (χ4n) is 2.75. The van der Waals surface area contributed by atoms with Crippen LogP contribution in [0.15, 0.2) is 29.2 Å². The van der Waals surface area contributed by atoms with Gasteiger partial charge in [0, 0.05) is 0 Å². The van der Waals surface area contributed by atoms with Gasteiger partial charge in [0.05, 0.1) is 56.2 Å². The highest BCUT2D eigenvalue weighted by molar-refractivity contribution is 7.89. The lowest BCUT2D eigenvalue weighted by molar-refractivity contribution is -0.905. The van der Waals surface area contributed by atoms with E-state index in [0.717, 1.165) is 19.6 Å². The molecule has 0 aliphatic carbocycles. The number of hydrogen-bond donors (Lipinski definition) is 1. The maximum absolute atomic E-state index is 12.7. The standard InChI is InChI=1S/C16H23N3O3S/c1-3-22-15-4-6-16(7-5-15)23(20,21)19-10-8-18(9-11-19)13-14(2)12-17/h4-7,14H,3,8-11,13H2,1-2H3/p+1/t14-/m0/s1. The molecular formula is C16H24N3O3S+. The molecule has 1 saturated heterocycles. The molecule has 6 nitrogen and oxygen atoms in total. The van der Waals surface area contributed by atoms with Gasteiger partial charge in [0.25, 0.3) is 0 Å². The molecule has 1 fully saturated rings. The van der Waals surface area contributed by atoms with Crippen molar-refractivity contribution in [3.63, 3.8) is 0 Å². The Kier molecular flexibility index (Phi) is 5.99. The predicted molar refractivity (Wildman–Crippen MR) is 86.7 cm³/mol. The molecule has 1 N–H and O–H groups in total. The van der Waals surface area contributed by atoms with Gasteiger partial charge in [-0.15, -0.1) is 0 Å². The van der Waals surface area contributed by atoms with Crippen LogP contribution in [0.2, 0.25) is 0 Å². The number of ether oxygens (including phenoxy) is 1. The summed E-state index contributed by atoms with van der Waals surface area (Å²) in [6.45, 7) is 7.57. The Morgan fingerprint density at radius 1 is 1.30 bits per heavy atom. The first-order valence-corrected chi connectivity index (χ1v) is 9.37. The first kappa shape index (κ1) is 17.7. The molecule has 2 rings (SSSR count). The van der Waals surface area contributed by atoms with Crippen molar-refractivity contribution in [1.29, 1.82) is 5.26 Å². The molecule has 7 heteroatoms. The second-order valence-corrected chi connectivity index (χ2v) is 7.73. The number of quaternary nitrogens is 1. The smallest absolute Gasteiger partial charge is 0.243 e. The fraction of sp³-hybridized carbons (Fsp3) is 0.562. The van der Waals surface area contributed by atoms with Crippen LogP contribution < -0.4 is 9.64 Å². The number of benzene rings is 1. The summed E-state index contributed by atoms with van der Waals surface area (Å²) in [6, 6.07) is 8.79. The molecular weight excluding hydrogens is 314 g/mol. The van der Waals surface area contributed by atoms with Gasteiger partial charge in [-0.25, -0.2) is 8.42 Å². The third-order valence-corrected chi connectivity index (χ3v) is 5.93. The molecule has 1 aliphatic rings. The van der Waals surface area contributed by atoms with Gasteiger partial charge in [-0.3, -0.25) is 0 Å². The van der Waals surface area contributed by atoms with E-state index >= 15 is 0 Å². The second kappa shape index (κ2) is 7.77. The second-order valence-electron chi connectivity index (χ2n) is 5.79. The van der Waals surface area contributed by atoms with Gasteiger partial charge in [-0.1, -0.05) is 0 Å². The van der Waals surface area contributed by atoms with E-state index in [1.165, 1.54) is 9.21 Å². The van der Waals surface area contributed by atoms with Crippen LogP contribution in [-0.2, 0) is 10.0 Å². The summed E-state index contributed by atoms with van der Waals surface area (Å²) in [5.41, 5.74) is 0. The van der Waals surface area contributed by atoms with Gasteiger partial charge in [0.15, 0.2) is 0 Å². The molecule has 1 aromatic rings. The summed E-state index contributed by atoms with van der Waals surface area (Å²) in [5, 5.41) is 8.88. The van der Waals surface area contributed by atoms with Crippen molar-refractivity contribution in [2.24, 2.45) is 5.92 Å². The Bertz CT molecular complexity index is 644. The Morgan fingerprint density at radius 3 is 2.43 bits per heavy atom. The Labute approximate surface area is 138 Å². The first-order valence-electron chi connectivity index (χ1n) is 7.93. The summed E-state index contributed by atoms with van der Waals surface area (Å²) in [7, 11) is -3.45. The third kappa shape index (κ3) is 4.44. The number of sulfonamides is 1. The molecule has 1 aliphatic heterocycles. The van der Waals surface area contributed by atoms with E-state index in [1.54, 1.807) is 24.3 Å². The minimum Gasteiger partial charge on any atom is -0.494 e. The molecule has 0 saturated carbocycles. The Morgan fingerprint density at radius 2 is 1.91 bits per heavy atom. The van der Waals surface area contributed by atoms with Gasteiger partial charge in [0.1, 0.15) is 5.75 Å². The van der Waals surface area contributed by atoms with Crippen LogP contribution in [0.5, 0.6) is 5.75 Å². The largest absolute Gasteiger partial charge is 0.494 e. The number of nitriles is 1. The SMILES string of the molecule is CCOc1ccc(S(=O)(=O)N2CC[NH+](C[C@@H](C)C#N)CC2)cc1. The van der Waals surface area contributed by atoms with Crippen molar-refractivity contribution in [3.8, 4) is 11.8 Å². The van der Waals surface area contributed by atoms with E-state index in [2.05, 4.69) is 6.07 Å². The number of hydrogen-bond acceptors (Lipinski definition) is 4. The lowest BCUT2D eigenvalue weighted by atomic mass is 10.2. The average molecular weight is 338 g/mol. The van der Waals surface area contributed by atoms with E-state index in [1.807, 2.05) is 13.8 Å². The van der Waals surface area contributed by atoms with Gasteiger partial charge >= 0.3 is 0 Å².